The molecule has 2 aromatic heterocycles. The van der Waals surface area contributed by atoms with Crippen LogP contribution in [0.1, 0.15) is 21.5 Å². The third kappa shape index (κ3) is 4.40. The van der Waals surface area contributed by atoms with Gasteiger partial charge >= 0.3 is 5.97 Å². The maximum absolute atomic E-state index is 11.8. The molecule has 0 fully saturated rings. The molecule has 4 aromatic rings. The summed E-state index contributed by atoms with van der Waals surface area (Å²) < 4.78 is 10.6. The monoisotopic (exact) mass is 415 g/mol. The van der Waals surface area contributed by atoms with Crippen LogP contribution in [0.25, 0.3) is 22.3 Å². The molecule has 0 aliphatic rings. The number of nitrogens with one attached hydrogen (secondary N) is 1. The molecule has 4 rings (SSSR count). The van der Waals surface area contributed by atoms with Crippen LogP contribution in [-0.2, 0) is 6.54 Å². The molecule has 0 amide bonds. The van der Waals surface area contributed by atoms with Crippen molar-refractivity contribution in [3.8, 4) is 28.0 Å². The van der Waals surface area contributed by atoms with E-state index in [4.69, 9.17) is 9.15 Å². The van der Waals surface area contributed by atoms with Crippen molar-refractivity contribution >= 4 is 11.9 Å². The largest absolute Gasteiger partial charge is 0.495 e. The number of methoxy groups -OCH3 is 1. The van der Waals surface area contributed by atoms with E-state index in [1.54, 1.807) is 30.8 Å². The second kappa shape index (κ2) is 8.71. The number of hydrogen-bond donors (Lipinski definition) is 2. The summed E-state index contributed by atoms with van der Waals surface area (Å²) in [6.07, 6.45) is 6.40. The Bertz CT molecular complexity index is 1200. The normalized spacial score (nSPS) is 10.6. The predicted molar refractivity (Wildman–Crippen MR) is 117 cm³/mol. The van der Waals surface area contributed by atoms with Gasteiger partial charge in [0.25, 0.3) is 0 Å². The smallest absolute Gasteiger partial charge is 0.339 e. The van der Waals surface area contributed by atoms with Gasteiger partial charge in [-0.2, -0.15) is 0 Å². The van der Waals surface area contributed by atoms with E-state index in [1.165, 1.54) is 18.9 Å². The number of benzene rings is 2. The lowest BCUT2D eigenvalue weighted by Crippen LogP contribution is -2.04. The fraction of sp³-hybridized carbons (Fsp3) is 0.125. The van der Waals surface area contributed by atoms with Gasteiger partial charge in [0, 0.05) is 35.6 Å². The van der Waals surface area contributed by atoms with Crippen molar-refractivity contribution in [2.75, 3.05) is 12.4 Å². The average molecular weight is 415 g/mol. The fourth-order valence-corrected chi connectivity index (χ4v) is 3.38. The van der Waals surface area contributed by atoms with Gasteiger partial charge in [0.2, 0.25) is 5.95 Å². The predicted octanol–water partition coefficient (Wildman–Crippen LogP) is 5.03. The van der Waals surface area contributed by atoms with Gasteiger partial charge < -0.3 is 19.6 Å². The Hall–Kier alpha value is -4.13. The maximum Gasteiger partial charge on any atom is 0.339 e. The molecular formula is C24H21N3O4. The van der Waals surface area contributed by atoms with E-state index >= 15 is 0 Å². The van der Waals surface area contributed by atoms with Gasteiger partial charge in [0.1, 0.15) is 11.3 Å². The molecule has 0 aliphatic carbocycles. The average Bonchev–Trinajstić information content (AvgIpc) is 3.32. The molecule has 0 saturated carbocycles. The summed E-state index contributed by atoms with van der Waals surface area (Å²) in [7, 11) is 1.45. The molecule has 7 nitrogen and oxygen atoms in total. The summed E-state index contributed by atoms with van der Waals surface area (Å²) in [6, 6.07) is 13.4. The number of carboxylic acid groups (broad SMARTS) is 1. The summed E-state index contributed by atoms with van der Waals surface area (Å²) in [5.41, 5.74) is 5.08. The van der Waals surface area contributed by atoms with Crippen molar-refractivity contribution in [2.45, 2.75) is 13.5 Å². The Morgan fingerprint density at radius 2 is 1.90 bits per heavy atom. The number of ether oxygens (including phenoxy) is 1. The van der Waals surface area contributed by atoms with Gasteiger partial charge in [0.05, 0.1) is 19.6 Å². The second-order valence-electron chi connectivity index (χ2n) is 7.06. The van der Waals surface area contributed by atoms with Crippen molar-refractivity contribution < 1.29 is 19.1 Å². The van der Waals surface area contributed by atoms with Crippen molar-refractivity contribution in [1.29, 1.82) is 0 Å². The summed E-state index contributed by atoms with van der Waals surface area (Å²) in [4.78, 5) is 20.6. The summed E-state index contributed by atoms with van der Waals surface area (Å²) in [5, 5.41) is 12.9. The minimum absolute atomic E-state index is 0.0536. The zero-order chi connectivity index (χ0) is 21.8. The molecule has 2 N–H and O–H groups in total. The highest BCUT2D eigenvalue weighted by Gasteiger charge is 2.19. The molecular weight excluding hydrogens is 394 g/mol. The number of furan rings is 1. The van der Waals surface area contributed by atoms with Gasteiger partial charge in [-0.25, -0.2) is 14.8 Å². The number of hydrogen-bond acceptors (Lipinski definition) is 6. The molecule has 0 saturated heterocycles. The summed E-state index contributed by atoms with van der Waals surface area (Å²) in [6.45, 7) is 2.66. The highest BCUT2D eigenvalue weighted by Crippen LogP contribution is 2.37. The Morgan fingerprint density at radius 1 is 1.10 bits per heavy atom. The lowest BCUT2D eigenvalue weighted by Gasteiger charge is -2.13. The van der Waals surface area contributed by atoms with Crippen LogP contribution in [0.4, 0.5) is 5.95 Å². The molecule has 2 aromatic carbocycles. The Morgan fingerprint density at radius 3 is 2.55 bits per heavy atom. The molecule has 7 heteroatoms. The standard InChI is InChI=1S/C24H21N3O4/c1-15-4-3-5-16(8-15)11-25-24-26-12-19(13-27-24)18-9-20(17-6-7-31-14-17)22(30-2)21(10-18)23(28)29/h3-10,12-14H,11H2,1-2H3,(H,28,29)(H,25,26,27). The van der Waals surface area contributed by atoms with Crippen LogP contribution in [0.2, 0.25) is 0 Å². The molecule has 0 bridgehead atoms. The first-order valence-electron chi connectivity index (χ1n) is 9.65. The number of carboxylic acids is 1. The zero-order valence-electron chi connectivity index (χ0n) is 17.1. The van der Waals surface area contributed by atoms with Gasteiger partial charge in [-0.15, -0.1) is 0 Å². The fourth-order valence-electron chi connectivity index (χ4n) is 3.38. The third-order valence-electron chi connectivity index (χ3n) is 4.87. The highest BCUT2D eigenvalue weighted by molar-refractivity contribution is 5.96. The van der Waals surface area contributed by atoms with Crippen molar-refractivity contribution in [1.82, 2.24) is 9.97 Å². The quantitative estimate of drug-likeness (QED) is 0.437. The van der Waals surface area contributed by atoms with Crippen LogP contribution in [0.15, 0.2) is 71.8 Å². The van der Waals surface area contributed by atoms with Crippen molar-refractivity contribution in [3.63, 3.8) is 0 Å². The van der Waals surface area contributed by atoms with Gasteiger partial charge in [-0.3, -0.25) is 0 Å². The summed E-state index contributed by atoms with van der Waals surface area (Å²) in [5.74, 6) is -0.317. The minimum atomic E-state index is -1.08. The van der Waals surface area contributed by atoms with E-state index in [-0.39, 0.29) is 11.3 Å². The Labute approximate surface area is 179 Å². The number of aromatic nitrogens is 2. The number of carbonyl (C=O) groups is 1. The van der Waals surface area contributed by atoms with Gasteiger partial charge in [-0.1, -0.05) is 29.8 Å². The number of anilines is 1. The number of aryl methyl sites for hydroxylation is 1. The van der Waals surface area contributed by atoms with E-state index in [0.717, 1.165) is 11.1 Å². The number of aromatic carboxylic acids is 1. The Kier molecular flexibility index (Phi) is 5.66. The van der Waals surface area contributed by atoms with E-state index in [1.807, 2.05) is 31.2 Å². The van der Waals surface area contributed by atoms with Crippen LogP contribution in [0, 0.1) is 6.92 Å². The van der Waals surface area contributed by atoms with E-state index in [0.29, 0.717) is 29.2 Å². The molecule has 0 unspecified atom stereocenters. The van der Waals surface area contributed by atoms with E-state index in [2.05, 4.69) is 21.4 Å². The van der Waals surface area contributed by atoms with E-state index in [9.17, 15) is 9.90 Å². The van der Waals surface area contributed by atoms with Crippen LogP contribution in [0.5, 0.6) is 5.75 Å². The van der Waals surface area contributed by atoms with Crippen molar-refractivity contribution in [2.24, 2.45) is 0 Å². The highest BCUT2D eigenvalue weighted by atomic mass is 16.5. The third-order valence-corrected chi connectivity index (χ3v) is 4.87. The summed E-state index contributed by atoms with van der Waals surface area (Å²) >= 11 is 0. The molecule has 0 aliphatic heterocycles. The molecule has 31 heavy (non-hydrogen) atoms. The molecule has 2 heterocycles. The first kappa shape index (κ1) is 20.2. The van der Waals surface area contributed by atoms with Gasteiger partial charge in [0.15, 0.2) is 0 Å². The van der Waals surface area contributed by atoms with Crippen LogP contribution in [-0.4, -0.2) is 28.2 Å². The van der Waals surface area contributed by atoms with E-state index < -0.39 is 5.97 Å². The Balaban J connectivity index is 1.63. The molecule has 0 radical (unpaired) electrons. The molecule has 156 valence electrons. The van der Waals surface area contributed by atoms with Crippen LogP contribution in [0.3, 0.4) is 0 Å². The number of nitrogens with zero attached hydrogens (tertiary/aromatic N) is 2. The van der Waals surface area contributed by atoms with Crippen molar-refractivity contribution in [3.05, 3.63) is 84.1 Å². The van der Waals surface area contributed by atoms with Crippen LogP contribution >= 0.6 is 0 Å². The SMILES string of the molecule is COc1c(C(=O)O)cc(-c2cnc(NCc3cccc(C)c3)nc2)cc1-c1ccoc1. The molecule has 0 spiro atoms. The molecule has 0 atom stereocenters. The second-order valence-corrected chi connectivity index (χ2v) is 7.06. The first-order chi connectivity index (χ1) is 15.0. The maximum atomic E-state index is 11.8. The first-order valence-corrected chi connectivity index (χ1v) is 9.65. The zero-order valence-corrected chi connectivity index (χ0v) is 17.1. The lowest BCUT2D eigenvalue weighted by molar-refractivity contribution is 0.0693. The minimum Gasteiger partial charge on any atom is -0.495 e. The topological polar surface area (TPSA) is 97.5 Å². The van der Waals surface area contributed by atoms with Gasteiger partial charge in [-0.05, 0) is 36.2 Å². The van der Waals surface area contributed by atoms with Crippen LogP contribution < -0.4 is 10.1 Å². The number of rotatable bonds is 7. The lowest BCUT2D eigenvalue weighted by atomic mass is 9.97.